The summed E-state index contributed by atoms with van der Waals surface area (Å²) in [5.41, 5.74) is 0.536. The van der Waals surface area contributed by atoms with E-state index in [0.29, 0.717) is 25.4 Å². The zero-order valence-corrected chi connectivity index (χ0v) is 14.2. The normalized spacial score (nSPS) is 21.0. The maximum atomic E-state index is 11.6. The standard InChI is InChI=1S/C16H22N2O5S/c17-24(21,22)12-3-4-14(13(9-12)15(19)20)18-7-8-23-11-16(10-18)5-1-2-6-16/h3-4,9H,1-2,5-8,10-11H2,(H,19,20)(H2,17,21,22). The summed E-state index contributed by atoms with van der Waals surface area (Å²) in [5, 5.41) is 14.6. The molecule has 1 spiro atoms. The Morgan fingerprint density at radius 3 is 2.62 bits per heavy atom. The summed E-state index contributed by atoms with van der Waals surface area (Å²) >= 11 is 0. The van der Waals surface area contributed by atoms with Crippen molar-refractivity contribution in [3.63, 3.8) is 0 Å². The molecule has 0 bridgehead atoms. The lowest BCUT2D eigenvalue weighted by atomic mass is 9.86. The first kappa shape index (κ1) is 17.2. The Morgan fingerprint density at radius 2 is 2.00 bits per heavy atom. The Kier molecular flexibility index (Phi) is 4.54. The second kappa shape index (κ2) is 6.34. The molecule has 0 aromatic heterocycles. The Bertz CT molecular complexity index is 741. The van der Waals surface area contributed by atoms with Gasteiger partial charge < -0.3 is 14.7 Å². The molecule has 0 unspecified atom stereocenters. The number of hydrogen-bond acceptors (Lipinski definition) is 5. The van der Waals surface area contributed by atoms with Crippen molar-refractivity contribution in [2.24, 2.45) is 10.6 Å². The van der Waals surface area contributed by atoms with E-state index in [9.17, 15) is 18.3 Å². The molecule has 0 radical (unpaired) electrons. The number of rotatable bonds is 3. The molecule has 1 aliphatic heterocycles. The minimum absolute atomic E-state index is 0.0448. The van der Waals surface area contributed by atoms with E-state index in [0.717, 1.165) is 38.3 Å². The summed E-state index contributed by atoms with van der Waals surface area (Å²) in [6.07, 6.45) is 4.46. The molecule has 1 aliphatic carbocycles. The predicted molar refractivity (Wildman–Crippen MR) is 88.7 cm³/mol. The number of sulfonamides is 1. The first-order valence-corrected chi connectivity index (χ1v) is 9.58. The van der Waals surface area contributed by atoms with Crippen LogP contribution in [0.3, 0.4) is 0 Å². The molecule has 8 heteroatoms. The third-order valence-corrected chi connectivity index (χ3v) is 5.88. The third-order valence-electron chi connectivity index (χ3n) is 4.97. The molecule has 0 amide bonds. The highest BCUT2D eigenvalue weighted by Crippen LogP contribution is 2.41. The zero-order chi connectivity index (χ0) is 17.4. The second-order valence-corrected chi connectivity index (χ2v) is 8.27. The highest BCUT2D eigenvalue weighted by molar-refractivity contribution is 7.89. The van der Waals surface area contributed by atoms with Gasteiger partial charge in [0.25, 0.3) is 0 Å². The van der Waals surface area contributed by atoms with Crippen LogP contribution in [0.5, 0.6) is 0 Å². The van der Waals surface area contributed by atoms with Crippen molar-refractivity contribution in [3.05, 3.63) is 23.8 Å². The van der Waals surface area contributed by atoms with Crippen molar-refractivity contribution < 1.29 is 23.1 Å². The van der Waals surface area contributed by atoms with Crippen LogP contribution in [-0.4, -0.2) is 45.8 Å². The number of hydrogen-bond donors (Lipinski definition) is 2. The average molecular weight is 354 g/mol. The van der Waals surface area contributed by atoms with Crippen molar-refractivity contribution in [2.75, 3.05) is 31.2 Å². The van der Waals surface area contributed by atoms with Crippen molar-refractivity contribution in [1.29, 1.82) is 0 Å². The highest BCUT2D eigenvalue weighted by atomic mass is 32.2. The molecular weight excluding hydrogens is 332 g/mol. The molecule has 2 fully saturated rings. The fourth-order valence-electron chi connectivity index (χ4n) is 3.77. The van der Waals surface area contributed by atoms with Crippen LogP contribution in [0.4, 0.5) is 5.69 Å². The van der Waals surface area contributed by atoms with Crippen LogP contribution >= 0.6 is 0 Å². The number of primary sulfonamides is 1. The molecule has 24 heavy (non-hydrogen) atoms. The van der Waals surface area contributed by atoms with Gasteiger partial charge >= 0.3 is 5.97 Å². The van der Waals surface area contributed by atoms with Gasteiger partial charge in [0, 0.05) is 18.5 Å². The maximum absolute atomic E-state index is 11.6. The zero-order valence-electron chi connectivity index (χ0n) is 13.4. The van der Waals surface area contributed by atoms with Crippen LogP contribution in [0.25, 0.3) is 0 Å². The number of carbonyl (C=O) groups is 1. The van der Waals surface area contributed by atoms with Gasteiger partial charge in [-0.15, -0.1) is 0 Å². The van der Waals surface area contributed by atoms with E-state index in [1.165, 1.54) is 12.1 Å². The minimum atomic E-state index is -3.94. The molecule has 1 aromatic carbocycles. The molecule has 1 aromatic rings. The van der Waals surface area contributed by atoms with E-state index in [1.54, 1.807) is 0 Å². The summed E-state index contributed by atoms with van der Waals surface area (Å²) in [6.45, 7) is 2.53. The molecule has 2 aliphatic rings. The molecule has 1 heterocycles. The van der Waals surface area contributed by atoms with Crippen LogP contribution in [0.2, 0.25) is 0 Å². The molecule has 3 rings (SSSR count). The first-order valence-electron chi connectivity index (χ1n) is 8.04. The van der Waals surface area contributed by atoms with Crippen molar-refractivity contribution >= 4 is 21.7 Å². The van der Waals surface area contributed by atoms with Gasteiger partial charge in [-0.25, -0.2) is 18.4 Å². The van der Waals surface area contributed by atoms with Crippen LogP contribution in [-0.2, 0) is 14.8 Å². The van der Waals surface area contributed by atoms with Crippen molar-refractivity contribution in [2.45, 2.75) is 30.6 Å². The second-order valence-electron chi connectivity index (χ2n) is 6.71. The van der Waals surface area contributed by atoms with E-state index in [2.05, 4.69) is 0 Å². The van der Waals surface area contributed by atoms with Gasteiger partial charge in [0.15, 0.2) is 0 Å². The van der Waals surface area contributed by atoms with E-state index in [1.807, 2.05) is 4.90 Å². The molecular formula is C16H22N2O5S. The first-order chi connectivity index (χ1) is 11.3. The van der Waals surface area contributed by atoms with Crippen LogP contribution in [0.15, 0.2) is 23.1 Å². The van der Waals surface area contributed by atoms with Gasteiger partial charge in [-0.05, 0) is 31.0 Å². The topological polar surface area (TPSA) is 110 Å². The Balaban J connectivity index is 1.99. The predicted octanol–water partition coefficient (Wildman–Crippen LogP) is 1.43. The van der Waals surface area contributed by atoms with E-state index in [4.69, 9.17) is 9.88 Å². The third kappa shape index (κ3) is 3.40. The van der Waals surface area contributed by atoms with Crippen LogP contribution in [0, 0.1) is 5.41 Å². The van der Waals surface area contributed by atoms with Gasteiger partial charge in [0.05, 0.1) is 29.4 Å². The number of aromatic carboxylic acids is 1. The smallest absolute Gasteiger partial charge is 0.337 e. The maximum Gasteiger partial charge on any atom is 0.337 e. The molecule has 0 atom stereocenters. The van der Waals surface area contributed by atoms with Gasteiger partial charge in [-0.2, -0.15) is 0 Å². The number of nitrogens with zero attached hydrogens (tertiary/aromatic N) is 1. The fourth-order valence-corrected chi connectivity index (χ4v) is 4.31. The largest absolute Gasteiger partial charge is 0.478 e. The van der Waals surface area contributed by atoms with Gasteiger partial charge in [0.1, 0.15) is 0 Å². The van der Waals surface area contributed by atoms with E-state index in [-0.39, 0.29) is 15.9 Å². The Hall–Kier alpha value is -1.64. The number of carboxylic acids is 1. The molecule has 7 nitrogen and oxygen atoms in total. The van der Waals surface area contributed by atoms with E-state index < -0.39 is 16.0 Å². The summed E-state index contributed by atoms with van der Waals surface area (Å²) in [4.78, 5) is 13.5. The van der Waals surface area contributed by atoms with E-state index >= 15 is 0 Å². The molecule has 1 saturated carbocycles. The lowest BCUT2D eigenvalue weighted by Crippen LogP contribution is -2.37. The van der Waals surface area contributed by atoms with Gasteiger partial charge in [0.2, 0.25) is 10.0 Å². The van der Waals surface area contributed by atoms with Crippen molar-refractivity contribution in [1.82, 2.24) is 0 Å². The molecule has 3 N–H and O–H groups in total. The lowest BCUT2D eigenvalue weighted by molar-refractivity contribution is 0.0697. The SMILES string of the molecule is NS(=O)(=O)c1ccc(N2CCOCC3(CCCC3)C2)c(C(=O)O)c1. The Labute approximate surface area is 141 Å². The summed E-state index contributed by atoms with van der Waals surface area (Å²) < 4.78 is 28.8. The van der Waals surface area contributed by atoms with Crippen molar-refractivity contribution in [3.8, 4) is 0 Å². The van der Waals surface area contributed by atoms with Gasteiger partial charge in [-0.1, -0.05) is 12.8 Å². The average Bonchev–Trinajstić information content (AvgIpc) is 2.86. The fraction of sp³-hybridized carbons (Fsp3) is 0.562. The van der Waals surface area contributed by atoms with Gasteiger partial charge in [-0.3, -0.25) is 0 Å². The number of ether oxygens (including phenoxy) is 1. The number of benzene rings is 1. The monoisotopic (exact) mass is 354 g/mol. The summed E-state index contributed by atoms with van der Waals surface area (Å²) in [7, 11) is -3.94. The molecule has 1 saturated heterocycles. The van der Waals surface area contributed by atoms with Crippen LogP contribution < -0.4 is 10.0 Å². The number of carboxylic acid groups (broad SMARTS) is 1. The summed E-state index contributed by atoms with van der Waals surface area (Å²) in [6, 6.07) is 4.04. The molecule has 132 valence electrons. The number of anilines is 1. The summed E-state index contributed by atoms with van der Waals surface area (Å²) in [5.74, 6) is -1.17. The number of nitrogens with two attached hydrogens (primary N) is 1. The highest BCUT2D eigenvalue weighted by Gasteiger charge is 2.38. The minimum Gasteiger partial charge on any atom is -0.478 e. The quantitative estimate of drug-likeness (QED) is 0.850. The Morgan fingerprint density at radius 1 is 1.29 bits per heavy atom. The van der Waals surface area contributed by atoms with Crippen LogP contribution in [0.1, 0.15) is 36.0 Å². The lowest BCUT2D eigenvalue weighted by Gasteiger charge is -2.33.